The molecule has 0 saturated heterocycles. The van der Waals surface area contributed by atoms with Gasteiger partial charge >= 0.3 is 6.09 Å². The molecule has 0 radical (unpaired) electrons. The van der Waals surface area contributed by atoms with Crippen molar-refractivity contribution in [1.29, 1.82) is 0 Å². The lowest BCUT2D eigenvalue weighted by Gasteiger charge is -2.38. The van der Waals surface area contributed by atoms with Gasteiger partial charge in [-0.2, -0.15) is 0 Å². The number of ether oxygens (including phenoxy) is 1. The first-order valence-electron chi connectivity index (χ1n) is 10.1. The van der Waals surface area contributed by atoms with Gasteiger partial charge in [0, 0.05) is 23.0 Å². The van der Waals surface area contributed by atoms with Crippen LogP contribution in [0.5, 0.6) is 0 Å². The molecule has 0 N–H and O–H groups in total. The van der Waals surface area contributed by atoms with E-state index in [1.807, 2.05) is 60.7 Å². The number of rotatable bonds is 6. The third-order valence-corrected chi connectivity index (χ3v) is 6.75. The number of nitrogens with zero attached hydrogens (tertiary/aromatic N) is 1. The van der Waals surface area contributed by atoms with Crippen LogP contribution in [0.15, 0.2) is 78.9 Å². The van der Waals surface area contributed by atoms with Crippen molar-refractivity contribution in [2.75, 3.05) is 4.90 Å². The monoisotopic (exact) mass is 487 g/mol. The van der Waals surface area contributed by atoms with Gasteiger partial charge in [-0.1, -0.05) is 102 Å². The van der Waals surface area contributed by atoms with Gasteiger partial charge in [0.15, 0.2) is 10.1 Å². The topological polar surface area (TPSA) is 46.6 Å². The van der Waals surface area contributed by atoms with E-state index in [4.69, 9.17) is 39.5 Å². The molecule has 1 atom stereocenters. The van der Waals surface area contributed by atoms with Gasteiger partial charge in [-0.3, -0.25) is 9.69 Å². The highest BCUT2D eigenvalue weighted by Gasteiger charge is 2.53. The van der Waals surface area contributed by atoms with Gasteiger partial charge in [0.25, 0.3) is 0 Å². The normalized spacial score (nSPS) is 16.8. The number of ketones is 1. The van der Waals surface area contributed by atoms with Gasteiger partial charge in [0.1, 0.15) is 6.61 Å². The highest BCUT2D eigenvalue weighted by Crippen LogP contribution is 2.52. The number of alkyl halides is 2. The molecule has 1 unspecified atom stereocenters. The smallest absolute Gasteiger partial charge is 0.414 e. The summed E-state index contributed by atoms with van der Waals surface area (Å²) in [4.78, 5) is 26.3. The molecule has 0 heterocycles. The Morgan fingerprint density at radius 1 is 0.969 bits per heavy atom. The quantitative estimate of drug-likeness (QED) is 0.354. The van der Waals surface area contributed by atoms with Crippen molar-refractivity contribution in [2.45, 2.75) is 29.8 Å². The van der Waals surface area contributed by atoms with Crippen LogP contribution in [0.4, 0.5) is 10.5 Å². The molecule has 4 nitrogen and oxygen atoms in total. The molecule has 1 aliphatic rings. The van der Waals surface area contributed by atoms with Crippen LogP contribution >= 0.6 is 34.8 Å². The number of Topliss-reactive ketones (excluding diaryl/α,β-unsaturated/α-hetero) is 1. The van der Waals surface area contributed by atoms with Gasteiger partial charge in [0.05, 0.1) is 6.54 Å². The Labute approximate surface area is 201 Å². The van der Waals surface area contributed by atoms with Crippen LogP contribution in [-0.2, 0) is 22.7 Å². The molecule has 0 spiro atoms. The molecule has 3 aromatic carbocycles. The maximum Gasteiger partial charge on any atom is 0.414 e. The Hall–Kier alpha value is -2.53. The Morgan fingerprint density at radius 3 is 2.16 bits per heavy atom. The SMILES string of the molecule is O=C(OCc1ccccc1)N(Cc1ccccc1)c1ccc(C2CC(=O)C2(Cl)Cl)c(Cl)c1. The average molecular weight is 489 g/mol. The zero-order valence-corrected chi connectivity index (χ0v) is 19.3. The van der Waals surface area contributed by atoms with E-state index in [2.05, 4.69) is 0 Å². The van der Waals surface area contributed by atoms with Gasteiger partial charge < -0.3 is 4.74 Å². The minimum absolute atomic E-state index is 0.155. The summed E-state index contributed by atoms with van der Waals surface area (Å²) < 4.78 is 4.10. The zero-order valence-electron chi connectivity index (χ0n) is 17.0. The number of carbonyl (C=O) groups is 2. The molecule has 0 aromatic heterocycles. The summed E-state index contributed by atoms with van der Waals surface area (Å²) >= 11 is 18.8. The summed E-state index contributed by atoms with van der Waals surface area (Å²) in [6, 6.07) is 24.3. The van der Waals surface area contributed by atoms with Crippen molar-refractivity contribution in [3.63, 3.8) is 0 Å². The maximum atomic E-state index is 13.0. The molecule has 1 fully saturated rings. The van der Waals surface area contributed by atoms with Gasteiger partial charge in [-0.15, -0.1) is 0 Å². The molecule has 1 aliphatic carbocycles. The third-order valence-electron chi connectivity index (χ3n) is 5.48. The van der Waals surface area contributed by atoms with E-state index in [0.29, 0.717) is 22.8 Å². The highest BCUT2D eigenvalue weighted by atomic mass is 35.5. The maximum absolute atomic E-state index is 13.0. The molecular weight excluding hydrogens is 469 g/mol. The van der Waals surface area contributed by atoms with Crippen LogP contribution < -0.4 is 4.90 Å². The highest BCUT2D eigenvalue weighted by molar-refractivity contribution is 6.61. The first-order chi connectivity index (χ1) is 15.4. The Kier molecular flexibility index (Phi) is 6.75. The van der Waals surface area contributed by atoms with Crippen LogP contribution in [0.3, 0.4) is 0 Å². The lowest BCUT2D eigenvalue weighted by molar-refractivity contribution is -0.125. The molecule has 32 heavy (non-hydrogen) atoms. The minimum atomic E-state index is -1.47. The molecule has 1 saturated carbocycles. The van der Waals surface area contributed by atoms with Crippen LogP contribution in [0.1, 0.15) is 29.0 Å². The summed E-state index contributed by atoms with van der Waals surface area (Å²) in [6.07, 6.45) is -0.261. The molecule has 0 bridgehead atoms. The van der Waals surface area contributed by atoms with Crippen molar-refractivity contribution in [2.24, 2.45) is 0 Å². The van der Waals surface area contributed by atoms with E-state index in [9.17, 15) is 9.59 Å². The van der Waals surface area contributed by atoms with E-state index in [1.165, 1.54) is 4.90 Å². The van der Waals surface area contributed by atoms with Gasteiger partial charge in [-0.05, 0) is 28.8 Å². The summed E-state index contributed by atoms with van der Waals surface area (Å²) in [7, 11) is 0. The Balaban J connectivity index is 1.58. The number of hydrogen-bond donors (Lipinski definition) is 0. The molecule has 3 aromatic rings. The fourth-order valence-corrected chi connectivity index (χ4v) is 4.46. The molecule has 164 valence electrons. The molecule has 7 heteroatoms. The predicted octanol–water partition coefficient (Wildman–Crippen LogP) is 6.91. The number of hydrogen-bond acceptors (Lipinski definition) is 3. The van der Waals surface area contributed by atoms with Crippen molar-refractivity contribution in [1.82, 2.24) is 0 Å². The van der Waals surface area contributed by atoms with Crippen LogP contribution in [0.25, 0.3) is 0 Å². The van der Waals surface area contributed by atoms with Gasteiger partial charge in [-0.25, -0.2) is 4.79 Å². The van der Waals surface area contributed by atoms with Gasteiger partial charge in [0.2, 0.25) is 0 Å². The van der Waals surface area contributed by atoms with Crippen molar-refractivity contribution in [3.8, 4) is 0 Å². The van der Waals surface area contributed by atoms with E-state index >= 15 is 0 Å². The molecular formula is C25H20Cl3NO3. The van der Waals surface area contributed by atoms with Crippen LogP contribution in [0.2, 0.25) is 5.02 Å². The van der Waals surface area contributed by atoms with E-state index in [1.54, 1.807) is 18.2 Å². The second kappa shape index (κ2) is 9.53. The lowest BCUT2D eigenvalue weighted by atomic mass is 9.77. The summed E-state index contributed by atoms with van der Waals surface area (Å²) in [5.41, 5.74) is 3.08. The standard InChI is InChI=1S/C25H20Cl3NO3/c26-22-13-19(11-12-20(22)21-14-23(30)25(21,27)28)29(15-17-7-3-1-4-8-17)24(31)32-16-18-9-5-2-6-10-18/h1-13,21H,14-16H2. The van der Waals surface area contributed by atoms with Crippen molar-refractivity contribution in [3.05, 3.63) is 101 Å². The fourth-order valence-electron chi connectivity index (χ4n) is 3.61. The molecule has 4 rings (SSSR count). The summed E-state index contributed by atoms with van der Waals surface area (Å²) in [5.74, 6) is -0.603. The average Bonchev–Trinajstić information content (AvgIpc) is 2.81. The number of halogens is 3. The molecule has 0 aliphatic heterocycles. The second-order valence-corrected chi connectivity index (χ2v) is 9.41. The minimum Gasteiger partial charge on any atom is -0.444 e. The fraction of sp³-hybridized carbons (Fsp3) is 0.200. The first-order valence-corrected chi connectivity index (χ1v) is 11.2. The largest absolute Gasteiger partial charge is 0.444 e. The Morgan fingerprint density at radius 2 is 1.59 bits per heavy atom. The van der Waals surface area contributed by atoms with Crippen molar-refractivity contribution < 1.29 is 14.3 Å². The third kappa shape index (κ3) is 4.78. The number of amides is 1. The Bertz CT molecular complexity index is 1120. The number of carbonyl (C=O) groups excluding carboxylic acids is 2. The summed E-state index contributed by atoms with van der Waals surface area (Å²) in [6.45, 7) is 0.461. The lowest BCUT2D eigenvalue weighted by Crippen LogP contribution is -2.45. The van der Waals surface area contributed by atoms with E-state index in [-0.39, 0.29) is 24.7 Å². The van der Waals surface area contributed by atoms with E-state index in [0.717, 1.165) is 11.1 Å². The molecule has 1 amide bonds. The van der Waals surface area contributed by atoms with Crippen LogP contribution in [-0.4, -0.2) is 16.2 Å². The van der Waals surface area contributed by atoms with E-state index < -0.39 is 10.4 Å². The second-order valence-electron chi connectivity index (χ2n) is 7.62. The number of benzene rings is 3. The van der Waals surface area contributed by atoms with Crippen LogP contribution in [0, 0.1) is 0 Å². The predicted molar refractivity (Wildman–Crippen MR) is 128 cm³/mol. The first kappa shape index (κ1) is 22.7. The zero-order chi connectivity index (χ0) is 22.7. The van der Waals surface area contributed by atoms with Crippen molar-refractivity contribution >= 4 is 52.4 Å². The summed E-state index contributed by atoms with van der Waals surface area (Å²) in [5, 5.41) is 0.389. The number of anilines is 1.